The minimum absolute atomic E-state index is 0.100. The SMILES string of the molecule is NC(=O)C(=O)NNc1cc(=O)[nH]cn1. The summed E-state index contributed by atoms with van der Waals surface area (Å²) in [5, 5.41) is 0. The second-order valence-corrected chi connectivity index (χ2v) is 2.24. The summed E-state index contributed by atoms with van der Waals surface area (Å²) in [6.07, 6.45) is 1.14. The highest BCUT2D eigenvalue weighted by Crippen LogP contribution is 1.90. The van der Waals surface area contributed by atoms with E-state index < -0.39 is 17.4 Å². The number of aromatic amines is 1. The van der Waals surface area contributed by atoms with Gasteiger partial charge in [0.15, 0.2) is 5.82 Å². The largest absolute Gasteiger partial charge is 0.361 e. The molecule has 0 unspecified atom stereocenters. The van der Waals surface area contributed by atoms with E-state index in [9.17, 15) is 14.4 Å². The summed E-state index contributed by atoms with van der Waals surface area (Å²) < 4.78 is 0. The van der Waals surface area contributed by atoms with E-state index in [0.717, 1.165) is 12.4 Å². The molecule has 1 rings (SSSR count). The van der Waals surface area contributed by atoms with Gasteiger partial charge in [-0.2, -0.15) is 0 Å². The van der Waals surface area contributed by atoms with Crippen LogP contribution in [0.4, 0.5) is 5.82 Å². The van der Waals surface area contributed by atoms with Crippen molar-refractivity contribution >= 4 is 17.6 Å². The molecule has 14 heavy (non-hydrogen) atoms. The van der Waals surface area contributed by atoms with Crippen molar-refractivity contribution in [3.05, 3.63) is 22.7 Å². The van der Waals surface area contributed by atoms with Crippen LogP contribution in [0.25, 0.3) is 0 Å². The molecule has 0 spiro atoms. The van der Waals surface area contributed by atoms with E-state index in [0.29, 0.717) is 0 Å². The lowest BCUT2D eigenvalue weighted by atomic mass is 10.6. The maximum atomic E-state index is 10.7. The van der Waals surface area contributed by atoms with Gasteiger partial charge >= 0.3 is 11.8 Å². The van der Waals surface area contributed by atoms with Crippen molar-refractivity contribution in [1.82, 2.24) is 15.4 Å². The van der Waals surface area contributed by atoms with Crippen LogP contribution in [0.15, 0.2) is 17.2 Å². The lowest BCUT2D eigenvalue weighted by molar-refractivity contribution is -0.136. The van der Waals surface area contributed by atoms with Gasteiger partial charge in [0.05, 0.1) is 6.33 Å². The molecule has 2 amide bonds. The minimum Gasteiger partial charge on any atom is -0.361 e. The van der Waals surface area contributed by atoms with Crippen molar-refractivity contribution in [2.45, 2.75) is 0 Å². The maximum Gasteiger partial charge on any atom is 0.327 e. The van der Waals surface area contributed by atoms with Gasteiger partial charge in [-0.25, -0.2) is 4.98 Å². The Kier molecular flexibility index (Phi) is 2.79. The molecule has 0 saturated heterocycles. The fraction of sp³-hybridized carbons (Fsp3) is 0. The molecular formula is C6H7N5O3. The van der Waals surface area contributed by atoms with Gasteiger partial charge in [0, 0.05) is 6.07 Å². The number of nitrogens with one attached hydrogen (secondary N) is 3. The van der Waals surface area contributed by atoms with Gasteiger partial charge in [-0.3, -0.25) is 25.2 Å². The van der Waals surface area contributed by atoms with Crippen molar-refractivity contribution in [3.63, 3.8) is 0 Å². The number of hydrogen-bond acceptors (Lipinski definition) is 5. The summed E-state index contributed by atoms with van der Waals surface area (Å²) in [4.78, 5) is 37.5. The number of H-pyrrole nitrogens is 1. The Morgan fingerprint density at radius 3 is 2.79 bits per heavy atom. The van der Waals surface area contributed by atoms with Gasteiger partial charge in [-0.1, -0.05) is 0 Å². The Bertz CT molecular complexity index is 412. The molecule has 1 aromatic rings. The highest BCUT2D eigenvalue weighted by Gasteiger charge is 2.06. The number of nitrogens with zero attached hydrogens (tertiary/aromatic N) is 1. The molecule has 0 bridgehead atoms. The van der Waals surface area contributed by atoms with Crippen LogP contribution in [0.5, 0.6) is 0 Å². The van der Waals surface area contributed by atoms with Gasteiger partial charge in [0.1, 0.15) is 0 Å². The molecule has 8 heteroatoms. The number of amides is 2. The smallest absolute Gasteiger partial charge is 0.327 e. The molecule has 0 aliphatic rings. The molecule has 0 fully saturated rings. The number of rotatable bonds is 2. The zero-order chi connectivity index (χ0) is 10.6. The van der Waals surface area contributed by atoms with Crippen LogP contribution in [0.1, 0.15) is 0 Å². The predicted octanol–water partition coefficient (Wildman–Crippen LogP) is -2.30. The van der Waals surface area contributed by atoms with Gasteiger partial charge in [-0.05, 0) is 0 Å². The van der Waals surface area contributed by atoms with Crippen molar-refractivity contribution in [2.75, 3.05) is 5.43 Å². The van der Waals surface area contributed by atoms with Gasteiger partial charge in [0.2, 0.25) is 0 Å². The predicted molar refractivity (Wildman–Crippen MR) is 45.8 cm³/mol. The molecule has 0 aromatic carbocycles. The Hall–Kier alpha value is -2.38. The quantitative estimate of drug-likeness (QED) is 0.313. The Labute approximate surface area is 77.5 Å². The van der Waals surface area contributed by atoms with E-state index in [1.807, 2.05) is 5.43 Å². The Balaban J connectivity index is 2.58. The van der Waals surface area contributed by atoms with Crippen molar-refractivity contribution < 1.29 is 9.59 Å². The summed E-state index contributed by atoms with van der Waals surface area (Å²) in [6, 6.07) is 1.10. The monoisotopic (exact) mass is 197 g/mol. The molecule has 1 aromatic heterocycles. The minimum atomic E-state index is -1.14. The van der Waals surface area contributed by atoms with Crippen LogP contribution in [-0.4, -0.2) is 21.8 Å². The molecule has 8 nitrogen and oxygen atoms in total. The zero-order valence-corrected chi connectivity index (χ0v) is 6.90. The zero-order valence-electron chi connectivity index (χ0n) is 6.90. The van der Waals surface area contributed by atoms with Crippen molar-refractivity contribution in [1.29, 1.82) is 0 Å². The number of hydrogen-bond donors (Lipinski definition) is 4. The number of aromatic nitrogens is 2. The first kappa shape index (κ1) is 9.71. The maximum absolute atomic E-state index is 10.7. The third kappa shape index (κ3) is 2.59. The lowest BCUT2D eigenvalue weighted by Crippen LogP contribution is -2.39. The molecule has 0 aliphatic carbocycles. The number of nitrogens with two attached hydrogens (primary N) is 1. The standard InChI is InChI=1S/C6H7N5O3/c7-5(13)6(14)11-10-3-1-4(12)9-2-8-3/h1-2H,(H2,7,13)(H,11,14)(H2,8,9,10,12). The third-order valence-corrected chi connectivity index (χ3v) is 1.21. The number of anilines is 1. The van der Waals surface area contributed by atoms with E-state index in [2.05, 4.69) is 21.1 Å². The van der Waals surface area contributed by atoms with Gasteiger partial charge < -0.3 is 10.7 Å². The van der Waals surface area contributed by atoms with Crippen LogP contribution in [0, 0.1) is 0 Å². The Morgan fingerprint density at radius 1 is 1.50 bits per heavy atom. The molecule has 0 saturated carbocycles. The number of carbonyl (C=O) groups excluding carboxylic acids is 2. The number of carbonyl (C=O) groups is 2. The third-order valence-electron chi connectivity index (χ3n) is 1.21. The van der Waals surface area contributed by atoms with Crippen LogP contribution in [0.2, 0.25) is 0 Å². The summed E-state index contributed by atoms with van der Waals surface area (Å²) in [6.45, 7) is 0. The summed E-state index contributed by atoms with van der Waals surface area (Å²) in [5.74, 6) is -2.06. The first-order chi connectivity index (χ1) is 6.59. The molecule has 1 heterocycles. The second kappa shape index (κ2) is 4.03. The molecule has 0 radical (unpaired) electrons. The van der Waals surface area contributed by atoms with E-state index in [4.69, 9.17) is 0 Å². The normalized spacial score (nSPS) is 9.14. The molecular weight excluding hydrogens is 190 g/mol. The van der Waals surface area contributed by atoms with Crippen molar-refractivity contribution in [3.8, 4) is 0 Å². The molecule has 0 atom stereocenters. The van der Waals surface area contributed by atoms with Gasteiger partial charge in [0.25, 0.3) is 5.56 Å². The second-order valence-electron chi connectivity index (χ2n) is 2.24. The first-order valence-corrected chi connectivity index (χ1v) is 3.50. The molecule has 0 aliphatic heterocycles. The molecule has 74 valence electrons. The topological polar surface area (TPSA) is 130 Å². The average Bonchev–Trinajstić information content (AvgIpc) is 2.14. The van der Waals surface area contributed by atoms with Crippen LogP contribution in [-0.2, 0) is 9.59 Å². The summed E-state index contributed by atoms with van der Waals surface area (Å²) >= 11 is 0. The van der Waals surface area contributed by atoms with E-state index in [1.165, 1.54) is 0 Å². The molecule has 5 N–H and O–H groups in total. The first-order valence-electron chi connectivity index (χ1n) is 3.50. The van der Waals surface area contributed by atoms with E-state index >= 15 is 0 Å². The van der Waals surface area contributed by atoms with Gasteiger partial charge in [-0.15, -0.1) is 0 Å². The van der Waals surface area contributed by atoms with Crippen LogP contribution in [0.3, 0.4) is 0 Å². The van der Waals surface area contributed by atoms with Crippen molar-refractivity contribution in [2.24, 2.45) is 5.73 Å². The average molecular weight is 197 g/mol. The van der Waals surface area contributed by atoms with Crippen LogP contribution < -0.4 is 22.1 Å². The lowest BCUT2D eigenvalue weighted by Gasteiger charge is -2.03. The van der Waals surface area contributed by atoms with Crippen LogP contribution >= 0.6 is 0 Å². The highest BCUT2D eigenvalue weighted by atomic mass is 16.2. The van der Waals surface area contributed by atoms with E-state index in [1.54, 1.807) is 0 Å². The Morgan fingerprint density at radius 2 is 2.21 bits per heavy atom. The fourth-order valence-corrected chi connectivity index (χ4v) is 0.619. The fourth-order valence-electron chi connectivity index (χ4n) is 0.619. The summed E-state index contributed by atoms with van der Waals surface area (Å²) in [7, 11) is 0. The van der Waals surface area contributed by atoms with E-state index in [-0.39, 0.29) is 5.82 Å². The number of hydrazine groups is 1. The highest BCUT2D eigenvalue weighted by molar-refractivity contribution is 6.34. The number of primary amides is 1. The summed E-state index contributed by atoms with van der Waals surface area (Å²) in [5.41, 5.74) is 8.44.